The number of ether oxygens (including phenoxy) is 4. The Morgan fingerprint density at radius 2 is 1.55 bits per heavy atom. The van der Waals surface area contributed by atoms with Gasteiger partial charge in [0.05, 0.1) is 64.1 Å². The maximum atomic E-state index is 13.7. The smallest absolute Gasteiger partial charge is 0.244 e. The minimum absolute atomic E-state index is 0.0850. The van der Waals surface area contributed by atoms with Gasteiger partial charge in [-0.05, 0) is 56.6 Å². The summed E-state index contributed by atoms with van der Waals surface area (Å²) in [4.78, 5) is 19.9. The Hall–Kier alpha value is -1.80. The molecule has 0 N–H and O–H groups in total. The van der Waals surface area contributed by atoms with Crippen LogP contribution in [0.25, 0.3) is 0 Å². The molecule has 0 spiro atoms. The van der Waals surface area contributed by atoms with Gasteiger partial charge in [-0.25, -0.2) is 8.42 Å². The van der Waals surface area contributed by atoms with E-state index in [0.717, 1.165) is 72.0 Å². The highest BCUT2D eigenvalue weighted by molar-refractivity contribution is 7.89. The number of rotatable bonds is 12. The highest BCUT2D eigenvalue weighted by Gasteiger charge is 2.36. The summed E-state index contributed by atoms with van der Waals surface area (Å²) in [6.45, 7) is 14.0. The van der Waals surface area contributed by atoms with Gasteiger partial charge in [0.25, 0.3) is 0 Å². The van der Waals surface area contributed by atoms with E-state index in [4.69, 9.17) is 18.9 Å². The van der Waals surface area contributed by atoms with Gasteiger partial charge < -0.3 is 23.8 Å². The molecule has 0 saturated carbocycles. The van der Waals surface area contributed by atoms with Gasteiger partial charge >= 0.3 is 0 Å². The number of aryl methyl sites for hydroxylation is 2. The van der Waals surface area contributed by atoms with Crippen LogP contribution in [0.2, 0.25) is 0 Å². The van der Waals surface area contributed by atoms with E-state index in [1.54, 1.807) is 33.1 Å². The molecule has 1 amide bonds. The first-order valence-electron chi connectivity index (χ1n) is 14.4. The van der Waals surface area contributed by atoms with E-state index < -0.39 is 16.1 Å². The number of sulfonamides is 1. The predicted molar refractivity (Wildman–Crippen MR) is 151 cm³/mol. The van der Waals surface area contributed by atoms with Crippen LogP contribution in [0.5, 0.6) is 5.75 Å². The molecule has 0 bridgehead atoms. The van der Waals surface area contributed by atoms with Gasteiger partial charge in [-0.3, -0.25) is 14.6 Å². The van der Waals surface area contributed by atoms with Crippen molar-refractivity contribution in [3.8, 4) is 5.75 Å². The maximum Gasteiger partial charge on any atom is 0.244 e. The fourth-order valence-electron chi connectivity index (χ4n) is 5.74. The van der Waals surface area contributed by atoms with Gasteiger partial charge in [0.15, 0.2) is 0 Å². The van der Waals surface area contributed by atoms with Gasteiger partial charge in [-0.15, -0.1) is 0 Å². The van der Waals surface area contributed by atoms with Crippen molar-refractivity contribution in [3.63, 3.8) is 0 Å². The maximum absolute atomic E-state index is 13.7. The number of hydrogen-bond donors (Lipinski definition) is 0. The van der Waals surface area contributed by atoms with Crippen molar-refractivity contribution < 1.29 is 32.2 Å². The average molecular weight is 583 g/mol. The van der Waals surface area contributed by atoms with Gasteiger partial charge in [-0.1, -0.05) is 0 Å². The quantitative estimate of drug-likeness (QED) is 0.334. The number of carbonyl (C=O) groups is 1. The van der Waals surface area contributed by atoms with Gasteiger partial charge in [0, 0.05) is 45.8 Å². The average Bonchev–Trinajstić information content (AvgIpc) is 2.95. The molecule has 3 heterocycles. The number of hydrogen-bond acceptors (Lipinski definition) is 9. The molecule has 0 radical (unpaired) electrons. The number of morpholine rings is 2. The molecule has 3 saturated heterocycles. The van der Waals surface area contributed by atoms with Crippen LogP contribution in [0.1, 0.15) is 24.0 Å². The highest BCUT2D eigenvalue weighted by Crippen LogP contribution is 2.30. The van der Waals surface area contributed by atoms with E-state index in [-0.39, 0.29) is 38.7 Å². The van der Waals surface area contributed by atoms with E-state index in [9.17, 15) is 13.2 Å². The first-order chi connectivity index (χ1) is 19.3. The second-order valence-electron chi connectivity index (χ2n) is 10.8. The van der Waals surface area contributed by atoms with Crippen molar-refractivity contribution in [3.05, 3.63) is 23.3 Å². The third kappa shape index (κ3) is 8.15. The molecule has 1 aromatic rings. The molecule has 11 nitrogen and oxygen atoms in total. The molecule has 226 valence electrons. The Bertz CT molecular complexity index is 1050. The number of benzene rings is 1. The van der Waals surface area contributed by atoms with Crippen LogP contribution in [0.3, 0.4) is 0 Å². The minimum Gasteiger partial charge on any atom is -0.497 e. The zero-order valence-corrected chi connectivity index (χ0v) is 25.1. The molecule has 3 aliphatic heterocycles. The van der Waals surface area contributed by atoms with Crippen molar-refractivity contribution in [2.24, 2.45) is 0 Å². The van der Waals surface area contributed by atoms with E-state index in [1.165, 1.54) is 4.31 Å². The fraction of sp³-hybridized carbons (Fsp3) is 0.750. The normalized spacial score (nSPS) is 22.0. The molecular weight excluding hydrogens is 536 g/mol. The summed E-state index contributed by atoms with van der Waals surface area (Å²) in [7, 11) is -2.19. The Balaban J connectivity index is 1.19. The summed E-state index contributed by atoms with van der Waals surface area (Å²) >= 11 is 0. The standard InChI is InChI=1S/C28H46N4O7S/c1-23-19-26(36-3)20-24(2)28(23)40(34,35)32-14-18-39-22-25(32)21-38-15-5-27(33)31-10-8-29(9-11-31)6-4-7-30-12-16-37-17-13-30/h19-20,25H,4-18,21-22H2,1-3H3/t25-/m1/s1. The molecule has 0 aliphatic carbocycles. The second-order valence-corrected chi connectivity index (χ2v) is 12.6. The third-order valence-electron chi connectivity index (χ3n) is 7.96. The lowest BCUT2D eigenvalue weighted by Gasteiger charge is -2.36. The van der Waals surface area contributed by atoms with Crippen LogP contribution in [-0.4, -0.2) is 145 Å². The van der Waals surface area contributed by atoms with Gasteiger partial charge in [0.1, 0.15) is 5.75 Å². The van der Waals surface area contributed by atoms with Crippen LogP contribution in [0, 0.1) is 13.8 Å². The number of methoxy groups -OCH3 is 1. The molecule has 4 rings (SSSR count). The van der Waals surface area contributed by atoms with Crippen LogP contribution in [0.4, 0.5) is 0 Å². The monoisotopic (exact) mass is 582 g/mol. The number of carbonyl (C=O) groups excluding carboxylic acids is 1. The van der Waals surface area contributed by atoms with Crippen LogP contribution < -0.4 is 4.74 Å². The molecule has 0 unspecified atom stereocenters. The SMILES string of the molecule is COc1cc(C)c(S(=O)(=O)N2CCOC[C@H]2COCCC(=O)N2CCN(CCCN3CCOCC3)CC2)c(C)c1. The number of amides is 1. The molecular formula is C28H46N4O7S. The fourth-order valence-corrected chi connectivity index (χ4v) is 7.74. The summed E-state index contributed by atoms with van der Waals surface area (Å²) in [6, 6.07) is 3.03. The molecule has 40 heavy (non-hydrogen) atoms. The van der Waals surface area contributed by atoms with Crippen molar-refractivity contribution in [1.82, 2.24) is 19.0 Å². The Morgan fingerprint density at radius 3 is 2.20 bits per heavy atom. The zero-order chi connectivity index (χ0) is 28.5. The Morgan fingerprint density at radius 1 is 0.925 bits per heavy atom. The van der Waals surface area contributed by atoms with E-state index in [1.807, 2.05) is 4.90 Å². The molecule has 0 aromatic heterocycles. The summed E-state index contributed by atoms with van der Waals surface area (Å²) in [5, 5.41) is 0. The Kier molecular flexibility index (Phi) is 11.6. The minimum atomic E-state index is -3.76. The summed E-state index contributed by atoms with van der Waals surface area (Å²) < 4.78 is 51.0. The lowest BCUT2D eigenvalue weighted by atomic mass is 10.1. The largest absolute Gasteiger partial charge is 0.497 e. The van der Waals surface area contributed by atoms with Crippen LogP contribution in [0.15, 0.2) is 17.0 Å². The Labute approximate surface area is 239 Å². The lowest BCUT2D eigenvalue weighted by Crippen LogP contribution is -2.51. The van der Waals surface area contributed by atoms with E-state index >= 15 is 0 Å². The number of nitrogens with zero attached hydrogens (tertiary/aromatic N) is 4. The first-order valence-corrected chi connectivity index (χ1v) is 15.9. The van der Waals surface area contributed by atoms with Crippen molar-refractivity contribution >= 4 is 15.9 Å². The number of piperazine rings is 1. The van der Waals surface area contributed by atoms with Gasteiger partial charge in [-0.2, -0.15) is 4.31 Å². The summed E-state index contributed by atoms with van der Waals surface area (Å²) in [6.07, 6.45) is 1.42. The molecule has 12 heteroatoms. The first kappa shape index (κ1) is 31.1. The van der Waals surface area contributed by atoms with Gasteiger partial charge in [0.2, 0.25) is 15.9 Å². The van der Waals surface area contributed by atoms with Crippen molar-refractivity contribution in [2.75, 3.05) is 106 Å². The summed E-state index contributed by atoms with van der Waals surface area (Å²) in [5.41, 5.74) is 1.29. The third-order valence-corrected chi connectivity index (χ3v) is 10.2. The summed E-state index contributed by atoms with van der Waals surface area (Å²) in [5.74, 6) is 0.715. The molecule has 3 fully saturated rings. The zero-order valence-electron chi connectivity index (χ0n) is 24.3. The van der Waals surface area contributed by atoms with Crippen LogP contribution >= 0.6 is 0 Å². The molecule has 1 aromatic carbocycles. The predicted octanol–water partition coefficient (Wildman–Crippen LogP) is 0.975. The van der Waals surface area contributed by atoms with E-state index in [0.29, 0.717) is 28.4 Å². The molecule has 1 atom stereocenters. The van der Waals surface area contributed by atoms with E-state index in [2.05, 4.69) is 9.80 Å². The van der Waals surface area contributed by atoms with Crippen molar-refractivity contribution in [2.45, 2.75) is 37.6 Å². The second kappa shape index (κ2) is 14.9. The topological polar surface area (TPSA) is 101 Å². The van der Waals surface area contributed by atoms with Crippen molar-refractivity contribution in [1.29, 1.82) is 0 Å². The lowest BCUT2D eigenvalue weighted by molar-refractivity contribution is -0.134. The van der Waals surface area contributed by atoms with Crippen LogP contribution in [-0.2, 0) is 29.0 Å². The highest BCUT2D eigenvalue weighted by atomic mass is 32.2. The molecule has 3 aliphatic rings.